The number of aliphatic hydroxyl groups excluding tert-OH is 1. The topological polar surface area (TPSA) is 111 Å². The number of carbonyl (C=O) groups is 2. The molecule has 2 atom stereocenters. The van der Waals surface area contributed by atoms with Gasteiger partial charge in [0.1, 0.15) is 6.04 Å². The first-order valence-corrected chi connectivity index (χ1v) is 11.3. The van der Waals surface area contributed by atoms with Gasteiger partial charge in [0.15, 0.2) is 0 Å². The summed E-state index contributed by atoms with van der Waals surface area (Å²) >= 11 is 0. The van der Waals surface area contributed by atoms with E-state index in [1.54, 1.807) is 24.3 Å². The predicted octanol–water partition coefficient (Wildman–Crippen LogP) is 2.67. The maximum absolute atomic E-state index is 12.3. The quantitative estimate of drug-likeness (QED) is 0.197. The molecule has 0 spiro atoms. The Hall–Kier alpha value is -3.96. The molecule has 2 unspecified atom stereocenters. The van der Waals surface area contributed by atoms with Crippen molar-refractivity contribution in [1.82, 2.24) is 16.1 Å². The van der Waals surface area contributed by atoms with Crippen LogP contribution in [0.3, 0.4) is 0 Å². The highest BCUT2D eigenvalue weighted by atomic mass is 16.5. The number of rotatable bonds is 8. The van der Waals surface area contributed by atoms with Gasteiger partial charge in [-0.2, -0.15) is 0 Å². The van der Waals surface area contributed by atoms with Crippen molar-refractivity contribution in [3.05, 3.63) is 106 Å². The Balaban J connectivity index is 1.55. The lowest BCUT2D eigenvalue weighted by atomic mass is 10.1. The second-order valence-corrected chi connectivity index (χ2v) is 8.22. The van der Waals surface area contributed by atoms with Gasteiger partial charge in [-0.1, -0.05) is 48.2 Å². The molecule has 5 N–H and O–H groups in total. The van der Waals surface area contributed by atoms with Crippen molar-refractivity contribution in [2.75, 3.05) is 0 Å². The molecule has 0 fully saturated rings. The minimum absolute atomic E-state index is 0.300. The zero-order valence-electron chi connectivity index (χ0n) is 19.7. The van der Waals surface area contributed by atoms with Crippen LogP contribution in [0.5, 0.6) is 0 Å². The van der Waals surface area contributed by atoms with Crippen LogP contribution >= 0.6 is 0 Å². The van der Waals surface area contributed by atoms with Crippen LogP contribution in [0.4, 0.5) is 0 Å². The van der Waals surface area contributed by atoms with E-state index in [2.05, 4.69) is 41.5 Å². The molecule has 0 radical (unpaired) electrons. The Kier molecular flexibility index (Phi) is 9.16. The van der Waals surface area contributed by atoms with Gasteiger partial charge in [-0.15, -0.1) is 0 Å². The fourth-order valence-electron chi connectivity index (χ4n) is 3.40. The highest BCUT2D eigenvalue weighted by Crippen LogP contribution is 2.09. The fraction of sp³-hybridized carbons (Fsp3) is 0.214. The van der Waals surface area contributed by atoms with Gasteiger partial charge in [-0.05, 0) is 66.9 Å². The number of hydrogen-bond donors (Lipinski definition) is 5. The zero-order valence-corrected chi connectivity index (χ0v) is 19.7. The molecule has 7 heteroatoms. The van der Waals surface area contributed by atoms with E-state index in [-0.39, 0.29) is 0 Å². The molecule has 0 saturated carbocycles. The summed E-state index contributed by atoms with van der Waals surface area (Å²) in [6.07, 6.45) is -1.17. The van der Waals surface area contributed by atoms with Gasteiger partial charge in [0.2, 0.25) is 0 Å². The number of carbonyl (C=O) groups excluding carboxylic acids is 2. The lowest BCUT2D eigenvalue weighted by Gasteiger charge is -2.19. The third kappa shape index (κ3) is 7.52. The third-order valence-electron chi connectivity index (χ3n) is 5.52. The number of amides is 2. The number of hydroxylamine groups is 1. The molecular weight excluding hydrogens is 442 g/mol. The SMILES string of the molecule is Cc1ccccc1CNCc1ccc(C#Cc2ccc(C(=O)NC(C(=O)NO)C(C)O)cc2)cc1. The normalized spacial score (nSPS) is 12.1. The number of aryl methyl sites for hydroxylation is 1. The maximum Gasteiger partial charge on any atom is 0.268 e. The molecule has 7 nitrogen and oxygen atoms in total. The molecule has 180 valence electrons. The molecule has 0 aliphatic carbocycles. The molecule has 0 aromatic heterocycles. The van der Waals surface area contributed by atoms with Crippen molar-refractivity contribution in [2.24, 2.45) is 0 Å². The van der Waals surface area contributed by atoms with Crippen LogP contribution in [-0.4, -0.2) is 34.3 Å². The molecule has 3 rings (SSSR count). The molecule has 0 saturated heterocycles. The standard InChI is InChI=1S/C28H29N3O4/c1-19-5-3-4-6-25(19)18-29-17-23-11-9-21(10-12-23)7-8-22-13-15-24(16-14-22)27(33)30-26(20(2)32)28(34)31-35/h3-6,9-16,20,26,29,32,35H,17-18H2,1-2H3,(H,30,33)(H,31,34). The summed E-state index contributed by atoms with van der Waals surface area (Å²) in [5.41, 5.74) is 7.07. The van der Waals surface area contributed by atoms with Gasteiger partial charge in [-0.25, -0.2) is 5.48 Å². The van der Waals surface area contributed by atoms with Gasteiger partial charge >= 0.3 is 0 Å². The van der Waals surface area contributed by atoms with Crippen LogP contribution in [0.15, 0.2) is 72.8 Å². The average molecular weight is 472 g/mol. The van der Waals surface area contributed by atoms with E-state index in [1.165, 1.54) is 29.1 Å². The van der Waals surface area contributed by atoms with Crippen LogP contribution in [-0.2, 0) is 17.9 Å². The Bertz CT molecular complexity index is 1210. The first-order valence-electron chi connectivity index (χ1n) is 11.3. The molecule has 0 heterocycles. The van der Waals surface area contributed by atoms with Crippen LogP contribution in [0.1, 0.15) is 45.1 Å². The summed E-state index contributed by atoms with van der Waals surface area (Å²) in [4.78, 5) is 23.9. The van der Waals surface area contributed by atoms with Gasteiger partial charge in [0.05, 0.1) is 6.10 Å². The zero-order chi connectivity index (χ0) is 25.2. The van der Waals surface area contributed by atoms with Gasteiger partial charge in [0, 0.05) is 29.8 Å². The third-order valence-corrected chi connectivity index (χ3v) is 5.52. The molecular formula is C28H29N3O4. The first kappa shape index (κ1) is 25.7. The summed E-state index contributed by atoms with van der Waals surface area (Å²) in [6.45, 7) is 5.03. The van der Waals surface area contributed by atoms with E-state index in [0.717, 1.165) is 24.2 Å². The van der Waals surface area contributed by atoms with E-state index in [1.807, 2.05) is 36.4 Å². The Morgan fingerprint density at radius 2 is 1.49 bits per heavy atom. The minimum Gasteiger partial charge on any atom is -0.391 e. The molecule has 35 heavy (non-hydrogen) atoms. The summed E-state index contributed by atoms with van der Waals surface area (Å²) in [6, 6.07) is 21.7. The summed E-state index contributed by atoms with van der Waals surface area (Å²) < 4.78 is 0. The van der Waals surface area contributed by atoms with Crippen LogP contribution in [0.25, 0.3) is 0 Å². The largest absolute Gasteiger partial charge is 0.391 e. The Morgan fingerprint density at radius 3 is 2.06 bits per heavy atom. The number of aliphatic hydroxyl groups is 1. The van der Waals surface area contributed by atoms with E-state index < -0.39 is 24.0 Å². The Labute approximate surface area is 205 Å². The maximum atomic E-state index is 12.3. The van der Waals surface area contributed by atoms with Gasteiger partial charge in [0.25, 0.3) is 11.8 Å². The van der Waals surface area contributed by atoms with Crippen molar-refractivity contribution in [3.63, 3.8) is 0 Å². The van der Waals surface area contributed by atoms with Crippen LogP contribution in [0, 0.1) is 18.8 Å². The van der Waals surface area contributed by atoms with Crippen LogP contribution in [0.2, 0.25) is 0 Å². The van der Waals surface area contributed by atoms with E-state index in [0.29, 0.717) is 5.56 Å². The van der Waals surface area contributed by atoms with E-state index in [9.17, 15) is 14.7 Å². The van der Waals surface area contributed by atoms with Crippen molar-refractivity contribution < 1.29 is 19.9 Å². The Morgan fingerprint density at radius 1 is 0.886 bits per heavy atom. The number of hydrogen-bond acceptors (Lipinski definition) is 5. The minimum atomic E-state index is -1.27. The molecule has 2 amide bonds. The van der Waals surface area contributed by atoms with E-state index >= 15 is 0 Å². The highest BCUT2D eigenvalue weighted by Gasteiger charge is 2.25. The number of nitrogens with one attached hydrogen (secondary N) is 3. The lowest BCUT2D eigenvalue weighted by molar-refractivity contribution is -0.133. The predicted molar refractivity (Wildman–Crippen MR) is 133 cm³/mol. The lowest BCUT2D eigenvalue weighted by Crippen LogP contribution is -2.51. The summed E-state index contributed by atoms with van der Waals surface area (Å²) in [5, 5.41) is 24.2. The van der Waals surface area contributed by atoms with Gasteiger partial charge < -0.3 is 15.7 Å². The van der Waals surface area contributed by atoms with E-state index in [4.69, 9.17) is 5.21 Å². The summed E-state index contributed by atoms with van der Waals surface area (Å²) in [5.74, 6) is 4.73. The number of benzene rings is 3. The molecule has 3 aromatic carbocycles. The highest BCUT2D eigenvalue weighted by molar-refractivity contribution is 5.97. The fourth-order valence-corrected chi connectivity index (χ4v) is 3.40. The second-order valence-electron chi connectivity index (χ2n) is 8.22. The molecule has 0 aliphatic rings. The average Bonchev–Trinajstić information content (AvgIpc) is 2.87. The van der Waals surface area contributed by atoms with Crippen molar-refractivity contribution in [3.8, 4) is 11.8 Å². The van der Waals surface area contributed by atoms with Crippen molar-refractivity contribution >= 4 is 11.8 Å². The van der Waals surface area contributed by atoms with Crippen molar-refractivity contribution in [2.45, 2.75) is 39.1 Å². The molecule has 0 aliphatic heterocycles. The van der Waals surface area contributed by atoms with Crippen molar-refractivity contribution in [1.29, 1.82) is 0 Å². The molecule has 3 aromatic rings. The second kappa shape index (κ2) is 12.5. The smallest absolute Gasteiger partial charge is 0.268 e. The monoisotopic (exact) mass is 471 g/mol. The summed E-state index contributed by atoms with van der Waals surface area (Å²) in [7, 11) is 0. The van der Waals surface area contributed by atoms with Crippen LogP contribution < -0.4 is 16.1 Å². The van der Waals surface area contributed by atoms with Gasteiger partial charge in [-0.3, -0.25) is 14.8 Å². The molecule has 0 bridgehead atoms. The first-order chi connectivity index (χ1) is 16.9.